The van der Waals surface area contributed by atoms with Crippen LogP contribution >= 0.6 is 24.0 Å². The van der Waals surface area contributed by atoms with Crippen LogP contribution in [0.5, 0.6) is 0 Å². The van der Waals surface area contributed by atoms with Crippen LogP contribution in [0.2, 0.25) is 0 Å². The monoisotopic (exact) mass is 392 g/mol. The number of nitrogens with zero attached hydrogens (tertiary/aromatic N) is 3. The summed E-state index contributed by atoms with van der Waals surface area (Å²) in [5.74, 6) is 2.28. The Balaban J connectivity index is 0.00000200. The molecule has 114 valence electrons. The van der Waals surface area contributed by atoms with Gasteiger partial charge in [0.1, 0.15) is 5.76 Å². The first-order chi connectivity index (χ1) is 9.08. The number of nitrogens with two attached hydrogens (primary N) is 1. The van der Waals surface area contributed by atoms with E-state index in [1.54, 1.807) is 0 Å². The molecule has 1 aromatic heterocycles. The summed E-state index contributed by atoms with van der Waals surface area (Å²) in [7, 11) is 0. The first-order valence-electron chi connectivity index (χ1n) is 7.04. The lowest BCUT2D eigenvalue weighted by Gasteiger charge is -2.31. The third kappa shape index (κ3) is 4.36. The first-order valence-corrected chi connectivity index (χ1v) is 7.04. The van der Waals surface area contributed by atoms with Crippen LogP contribution in [-0.2, 0) is 6.42 Å². The van der Waals surface area contributed by atoms with E-state index in [2.05, 4.69) is 22.0 Å². The molecule has 0 aliphatic carbocycles. The Morgan fingerprint density at radius 3 is 2.85 bits per heavy atom. The van der Waals surface area contributed by atoms with E-state index in [-0.39, 0.29) is 24.0 Å². The number of hydrogen-bond acceptors (Lipinski definition) is 3. The average Bonchev–Trinajstić information content (AvgIpc) is 2.70. The normalized spacial score (nSPS) is 19.9. The molecule has 2 rings (SSSR count). The fourth-order valence-electron chi connectivity index (χ4n) is 2.64. The number of guanidine groups is 1. The van der Waals surface area contributed by atoms with Crippen LogP contribution in [0.4, 0.5) is 0 Å². The lowest BCUT2D eigenvalue weighted by Crippen LogP contribution is -2.43. The van der Waals surface area contributed by atoms with Gasteiger partial charge >= 0.3 is 0 Å². The molecule has 20 heavy (non-hydrogen) atoms. The van der Waals surface area contributed by atoms with Gasteiger partial charge in [0.05, 0.1) is 5.69 Å². The van der Waals surface area contributed by atoms with E-state index in [4.69, 9.17) is 10.3 Å². The van der Waals surface area contributed by atoms with Crippen LogP contribution in [0, 0.1) is 19.8 Å². The van der Waals surface area contributed by atoms with Crippen LogP contribution in [0.15, 0.2) is 9.52 Å². The molecular weight excluding hydrogens is 367 g/mol. The maximum Gasteiger partial charge on any atom is 0.191 e. The van der Waals surface area contributed by atoms with Crippen LogP contribution in [0.3, 0.4) is 0 Å². The summed E-state index contributed by atoms with van der Waals surface area (Å²) in [6, 6.07) is 0. The number of halogens is 1. The van der Waals surface area contributed by atoms with Crippen molar-refractivity contribution in [3.63, 3.8) is 0 Å². The van der Waals surface area contributed by atoms with E-state index in [0.29, 0.717) is 18.4 Å². The number of aliphatic imine (C=N–C) groups is 1. The highest BCUT2D eigenvalue weighted by Crippen LogP contribution is 2.15. The molecule has 1 fully saturated rings. The third-order valence-electron chi connectivity index (χ3n) is 3.80. The molecule has 2 heterocycles. The Kier molecular flexibility index (Phi) is 6.78. The van der Waals surface area contributed by atoms with Crippen LogP contribution in [0.25, 0.3) is 0 Å². The lowest BCUT2D eigenvalue weighted by molar-refractivity contribution is 0.270. The van der Waals surface area contributed by atoms with Crippen molar-refractivity contribution in [3.05, 3.63) is 17.0 Å². The van der Waals surface area contributed by atoms with Crippen molar-refractivity contribution in [1.82, 2.24) is 10.1 Å². The topological polar surface area (TPSA) is 67.6 Å². The van der Waals surface area contributed by atoms with Crippen molar-refractivity contribution in [2.45, 2.75) is 40.0 Å². The SMILES string of the molecule is Cc1noc(C)c1CCN=C(N)N1CCCC(C)C1.I. The van der Waals surface area contributed by atoms with Gasteiger partial charge < -0.3 is 15.2 Å². The number of piperidine rings is 1. The molecule has 0 amide bonds. The summed E-state index contributed by atoms with van der Waals surface area (Å²) in [6.07, 6.45) is 3.34. The molecule has 0 spiro atoms. The van der Waals surface area contributed by atoms with Crippen LogP contribution in [-0.4, -0.2) is 35.7 Å². The minimum Gasteiger partial charge on any atom is -0.370 e. The van der Waals surface area contributed by atoms with Gasteiger partial charge in [0.15, 0.2) is 5.96 Å². The maximum atomic E-state index is 6.06. The second kappa shape index (κ2) is 7.85. The van der Waals surface area contributed by atoms with Crippen molar-refractivity contribution in [2.75, 3.05) is 19.6 Å². The summed E-state index contributed by atoms with van der Waals surface area (Å²) >= 11 is 0. The Labute approximate surface area is 138 Å². The van der Waals surface area contributed by atoms with E-state index in [9.17, 15) is 0 Å². The molecule has 2 N–H and O–H groups in total. The van der Waals surface area contributed by atoms with Crippen LogP contribution in [0.1, 0.15) is 36.8 Å². The Bertz CT molecular complexity index is 439. The van der Waals surface area contributed by atoms with E-state index >= 15 is 0 Å². The zero-order valence-electron chi connectivity index (χ0n) is 12.6. The van der Waals surface area contributed by atoms with E-state index in [1.165, 1.54) is 12.8 Å². The van der Waals surface area contributed by atoms with E-state index < -0.39 is 0 Å². The first kappa shape index (κ1) is 17.3. The largest absolute Gasteiger partial charge is 0.370 e. The number of hydrogen-bond donors (Lipinski definition) is 1. The van der Waals surface area contributed by atoms with Gasteiger partial charge in [0, 0.05) is 25.2 Å². The van der Waals surface area contributed by atoms with Gasteiger partial charge in [-0.25, -0.2) is 0 Å². The predicted octanol–water partition coefficient (Wildman–Crippen LogP) is 2.50. The number of likely N-dealkylation sites (tertiary alicyclic amines) is 1. The molecule has 1 saturated heterocycles. The van der Waals surface area contributed by atoms with Crippen LogP contribution < -0.4 is 5.73 Å². The average molecular weight is 392 g/mol. The predicted molar refractivity (Wildman–Crippen MR) is 91.6 cm³/mol. The molecule has 1 unspecified atom stereocenters. The quantitative estimate of drug-likeness (QED) is 0.488. The highest BCUT2D eigenvalue weighted by Gasteiger charge is 2.17. The van der Waals surface area contributed by atoms with Crippen molar-refractivity contribution in [3.8, 4) is 0 Å². The smallest absolute Gasteiger partial charge is 0.191 e. The fourth-order valence-corrected chi connectivity index (χ4v) is 2.64. The van der Waals surface area contributed by atoms with Crippen molar-refractivity contribution < 1.29 is 4.52 Å². The van der Waals surface area contributed by atoms with Gasteiger partial charge in [-0.15, -0.1) is 24.0 Å². The van der Waals surface area contributed by atoms with E-state index in [1.807, 2.05) is 13.8 Å². The second-order valence-electron chi connectivity index (χ2n) is 5.49. The van der Waals surface area contributed by atoms with Gasteiger partial charge in [-0.2, -0.15) is 0 Å². The highest BCUT2D eigenvalue weighted by atomic mass is 127. The van der Waals surface area contributed by atoms with Gasteiger partial charge in [0.2, 0.25) is 0 Å². The Morgan fingerprint density at radius 1 is 1.50 bits per heavy atom. The molecule has 0 radical (unpaired) electrons. The zero-order chi connectivity index (χ0) is 13.8. The minimum absolute atomic E-state index is 0. The Morgan fingerprint density at radius 2 is 2.25 bits per heavy atom. The standard InChI is InChI=1S/C14H24N4O.HI/c1-10-5-4-8-18(9-10)14(15)16-7-6-13-11(2)17-19-12(13)3;/h10H,4-9H2,1-3H3,(H2,15,16);1H. The summed E-state index contributed by atoms with van der Waals surface area (Å²) in [5, 5.41) is 3.95. The van der Waals surface area contributed by atoms with Crippen molar-refractivity contribution in [2.24, 2.45) is 16.6 Å². The molecular formula is C14H25IN4O. The number of aromatic nitrogens is 1. The molecule has 5 nitrogen and oxygen atoms in total. The maximum absolute atomic E-state index is 6.06. The summed E-state index contributed by atoms with van der Waals surface area (Å²) in [5.41, 5.74) is 8.18. The number of rotatable bonds is 3. The summed E-state index contributed by atoms with van der Waals surface area (Å²) < 4.78 is 5.14. The highest BCUT2D eigenvalue weighted by molar-refractivity contribution is 14.0. The summed E-state index contributed by atoms with van der Waals surface area (Å²) in [6.45, 7) is 8.93. The molecule has 1 aliphatic rings. The van der Waals surface area contributed by atoms with E-state index in [0.717, 1.165) is 36.5 Å². The Hall–Kier alpha value is -0.790. The van der Waals surface area contributed by atoms with Crippen molar-refractivity contribution >= 4 is 29.9 Å². The minimum atomic E-state index is 0. The van der Waals surface area contributed by atoms with Gasteiger partial charge in [0.25, 0.3) is 0 Å². The van der Waals surface area contributed by atoms with Gasteiger partial charge in [-0.05, 0) is 39.0 Å². The van der Waals surface area contributed by atoms with Gasteiger partial charge in [-0.1, -0.05) is 12.1 Å². The second-order valence-corrected chi connectivity index (χ2v) is 5.49. The fraction of sp³-hybridized carbons (Fsp3) is 0.714. The summed E-state index contributed by atoms with van der Waals surface area (Å²) in [4.78, 5) is 6.69. The molecule has 1 aromatic rings. The molecule has 0 bridgehead atoms. The molecule has 0 aromatic carbocycles. The molecule has 0 saturated carbocycles. The lowest BCUT2D eigenvalue weighted by atomic mass is 10.0. The van der Waals surface area contributed by atoms with Gasteiger partial charge in [-0.3, -0.25) is 4.99 Å². The zero-order valence-corrected chi connectivity index (χ0v) is 14.9. The molecule has 6 heteroatoms. The molecule has 1 atom stereocenters. The molecule has 1 aliphatic heterocycles. The third-order valence-corrected chi connectivity index (χ3v) is 3.80. The van der Waals surface area contributed by atoms with Crippen molar-refractivity contribution in [1.29, 1.82) is 0 Å². The number of aryl methyl sites for hydroxylation is 2.